The van der Waals surface area contributed by atoms with Crippen molar-refractivity contribution >= 4 is 11.6 Å². The van der Waals surface area contributed by atoms with Gasteiger partial charge in [0, 0.05) is 23.6 Å². The van der Waals surface area contributed by atoms with Crippen LogP contribution < -0.4 is 5.73 Å². The number of phenolic OH excluding ortho intramolecular Hbond substituents is 3. The van der Waals surface area contributed by atoms with E-state index in [0.29, 0.717) is 12.1 Å². The minimum Gasteiger partial charge on any atom is -0.506 e. The summed E-state index contributed by atoms with van der Waals surface area (Å²) in [5.41, 5.74) is 5.68. The molecule has 4 nitrogen and oxygen atoms in total. The van der Waals surface area contributed by atoms with E-state index in [-0.39, 0.29) is 22.3 Å². The van der Waals surface area contributed by atoms with Crippen molar-refractivity contribution in [1.29, 1.82) is 0 Å². The van der Waals surface area contributed by atoms with E-state index in [2.05, 4.69) is 0 Å². The highest BCUT2D eigenvalue weighted by Gasteiger charge is 2.42. The van der Waals surface area contributed by atoms with Gasteiger partial charge in [-0.05, 0) is 12.8 Å². The van der Waals surface area contributed by atoms with Crippen molar-refractivity contribution in [1.82, 2.24) is 0 Å². The molecule has 1 aromatic rings. The Morgan fingerprint density at radius 1 is 1.25 bits per heavy atom. The van der Waals surface area contributed by atoms with E-state index in [1.165, 1.54) is 0 Å². The standard InChI is InChI=1S/C11H14ClNO3/c12-9-6(14)4-7(15)10(16)8(9)11(5-13)2-1-3-11/h4,14-16H,1-3,5,13H2. The highest BCUT2D eigenvalue weighted by Crippen LogP contribution is 2.53. The molecular formula is C11H14ClNO3. The zero-order valence-corrected chi connectivity index (χ0v) is 9.46. The lowest BCUT2D eigenvalue weighted by molar-refractivity contribution is 0.241. The summed E-state index contributed by atoms with van der Waals surface area (Å²) in [6.07, 6.45) is 2.61. The first-order chi connectivity index (χ1) is 7.52. The van der Waals surface area contributed by atoms with Crippen LogP contribution in [0, 0.1) is 0 Å². The summed E-state index contributed by atoms with van der Waals surface area (Å²) in [6.45, 7) is 0.336. The number of halogens is 1. The molecule has 1 aliphatic rings. The van der Waals surface area contributed by atoms with Crippen LogP contribution in [-0.2, 0) is 5.41 Å². The second-order valence-electron chi connectivity index (χ2n) is 4.29. The van der Waals surface area contributed by atoms with Crippen LogP contribution in [0.2, 0.25) is 5.02 Å². The molecule has 0 atom stereocenters. The number of hydrogen-bond donors (Lipinski definition) is 4. The summed E-state index contributed by atoms with van der Waals surface area (Å²) < 4.78 is 0. The van der Waals surface area contributed by atoms with Crippen LogP contribution >= 0.6 is 11.6 Å². The Kier molecular flexibility index (Phi) is 2.64. The van der Waals surface area contributed by atoms with Crippen LogP contribution in [0.4, 0.5) is 0 Å². The fourth-order valence-corrected chi connectivity index (χ4v) is 2.61. The van der Waals surface area contributed by atoms with Crippen LogP contribution in [0.5, 0.6) is 17.2 Å². The van der Waals surface area contributed by atoms with E-state index < -0.39 is 5.41 Å². The maximum absolute atomic E-state index is 9.83. The number of nitrogens with two attached hydrogens (primary N) is 1. The molecule has 1 saturated carbocycles. The molecule has 16 heavy (non-hydrogen) atoms. The zero-order valence-electron chi connectivity index (χ0n) is 8.70. The zero-order chi connectivity index (χ0) is 11.9. The van der Waals surface area contributed by atoms with Crippen molar-refractivity contribution < 1.29 is 15.3 Å². The Morgan fingerprint density at radius 2 is 1.88 bits per heavy atom. The molecule has 0 saturated heterocycles. The monoisotopic (exact) mass is 243 g/mol. The lowest BCUT2D eigenvalue weighted by Gasteiger charge is -2.42. The largest absolute Gasteiger partial charge is 0.506 e. The predicted molar refractivity (Wildman–Crippen MR) is 61.0 cm³/mol. The lowest BCUT2D eigenvalue weighted by atomic mass is 9.64. The van der Waals surface area contributed by atoms with E-state index in [0.717, 1.165) is 25.3 Å². The van der Waals surface area contributed by atoms with Crippen LogP contribution in [-0.4, -0.2) is 21.9 Å². The van der Waals surface area contributed by atoms with Crippen LogP contribution in [0.3, 0.4) is 0 Å². The Morgan fingerprint density at radius 3 is 2.31 bits per heavy atom. The van der Waals surface area contributed by atoms with Gasteiger partial charge in [-0.2, -0.15) is 0 Å². The van der Waals surface area contributed by atoms with Gasteiger partial charge < -0.3 is 21.1 Å². The first-order valence-electron chi connectivity index (χ1n) is 5.16. The second-order valence-corrected chi connectivity index (χ2v) is 4.67. The third-order valence-corrected chi connectivity index (χ3v) is 3.81. The molecule has 0 spiro atoms. The summed E-state index contributed by atoms with van der Waals surface area (Å²) in [6, 6.07) is 1.03. The Bertz CT molecular complexity index is 398. The summed E-state index contributed by atoms with van der Waals surface area (Å²) in [4.78, 5) is 0. The SMILES string of the molecule is NCC1(c2c(O)c(O)cc(O)c2Cl)CCC1. The Hall–Kier alpha value is -1.13. The summed E-state index contributed by atoms with van der Waals surface area (Å²) in [5, 5.41) is 28.9. The molecule has 1 aromatic carbocycles. The molecule has 2 rings (SSSR count). The number of benzene rings is 1. The van der Waals surface area contributed by atoms with Crippen LogP contribution in [0.25, 0.3) is 0 Å². The van der Waals surface area contributed by atoms with Gasteiger partial charge in [0.15, 0.2) is 11.5 Å². The van der Waals surface area contributed by atoms with Crippen molar-refractivity contribution in [3.05, 3.63) is 16.7 Å². The molecule has 1 aliphatic carbocycles. The van der Waals surface area contributed by atoms with Crippen molar-refractivity contribution in [2.75, 3.05) is 6.54 Å². The summed E-state index contributed by atoms with van der Waals surface area (Å²) in [7, 11) is 0. The van der Waals surface area contributed by atoms with Crippen molar-refractivity contribution in [2.24, 2.45) is 5.73 Å². The molecule has 0 aromatic heterocycles. The third-order valence-electron chi connectivity index (χ3n) is 3.43. The maximum atomic E-state index is 9.83. The molecule has 1 fully saturated rings. The van der Waals surface area contributed by atoms with Gasteiger partial charge in [-0.3, -0.25) is 0 Å². The second kappa shape index (κ2) is 3.71. The minimum absolute atomic E-state index is 0.0838. The van der Waals surface area contributed by atoms with Gasteiger partial charge in [0.1, 0.15) is 5.75 Å². The first-order valence-corrected chi connectivity index (χ1v) is 5.53. The first kappa shape index (κ1) is 11.4. The van der Waals surface area contributed by atoms with Gasteiger partial charge in [-0.1, -0.05) is 18.0 Å². The molecule has 0 heterocycles. The van der Waals surface area contributed by atoms with E-state index >= 15 is 0 Å². The van der Waals surface area contributed by atoms with Crippen LogP contribution in [0.15, 0.2) is 6.07 Å². The maximum Gasteiger partial charge on any atom is 0.163 e. The lowest BCUT2D eigenvalue weighted by Crippen LogP contribution is -2.41. The molecule has 0 unspecified atom stereocenters. The van der Waals surface area contributed by atoms with Gasteiger partial charge >= 0.3 is 0 Å². The number of hydrogen-bond acceptors (Lipinski definition) is 4. The van der Waals surface area contributed by atoms with E-state index in [9.17, 15) is 15.3 Å². The van der Waals surface area contributed by atoms with Gasteiger partial charge in [0.2, 0.25) is 0 Å². The Labute approximate surface area is 98.3 Å². The minimum atomic E-state index is -0.405. The van der Waals surface area contributed by atoms with Crippen molar-refractivity contribution in [3.8, 4) is 17.2 Å². The van der Waals surface area contributed by atoms with Gasteiger partial charge in [0.25, 0.3) is 0 Å². The highest BCUT2D eigenvalue weighted by molar-refractivity contribution is 6.33. The van der Waals surface area contributed by atoms with E-state index in [1.807, 2.05) is 0 Å². The average Bonchev–Trinajstić information content (AvgIpc) is 2.19. The molecule has 0 radical (unpaired) electrons. The average molecular weight is 244 g/mol. The normalized spacial score (nSPS) is 18.1. The Balaban J connectivity index is 2.63. The van der Waals surface area contributed by atoms with Crippen molar-refractivity contribution in [3.63, 3.8) is 0 Å². The van der Waals surface area contributed by atoms with Crippen LogP contribution in [0.1, 0.15) is 24.8 Å². The molecule has 0 bridgehead atoms. The molecule has 5 N–H and O–H groups in total. The molecule has 0 aliphatic heterocycles. The van der Waals surface area contributed by atoms with Crippen molar-refractivity contribution in [2.45, 2.75) is 24.7 Å². The fraction of sp³-hybridized carbons (Fsp3) is 0.455. The molecule has 88 valence electrons. The fourth-order valence-electron chi connectivity index (χ4n) is 2.27. The summed E-state index contributed by atoms with van der Waals surface area (Å²) in [5.74, 6) is -0.865. The number of rotatable bonds is 2. The smallest absolute Gasteiger partial charge is 0.163 e. The highest BCUT2D eigenvalue weighted by atomic mass is 35.5. The summed E-state index contributed by atoms with van der Waals surface area (Å²) >= 11 is 5.97. The molecular weight excluding hydrogens is 230 g/mol. The molecule has 0 amide bonds. The number of aromatic hydroxyl groups is 3. The number of phenols is 3. The topological polar surface area (TPSA) is 86.7 Å². The quantitative estimate of drug-likeness (QED) is 0.472. The molecule has 5 heteroatoms. The van der Waals surface area contributed by atoms with Gasteiger partial charge in [0.05, 0.1) is 5.02 Å². The van der Waals surface area contributed by atoms with Gasteiger partial charge in [-0.25, -0.2) is 0 Å². The van der Waals surface area contributed by atoms with Gasteiger partial charge in [-0.15, -0.1) is 0 Å². The van der Waals surface area contributed by atoms with E-state index in [4.69, 9.17) is 17.3 Å². The predicted octanol–water partition coefficient (Wildman–Crippen LogP) is 1.84. The van der Waals surface area contributed by atoms with E-state index in [1.54, 1.807) is 0 Å². The third kappa shape index (κ3) is 1.41.